The van der Waals surface area contributed by atoms with Gasteiger partial charge in [-0.05, 0) is 32.4 Å². The molecule has 5 nitrogen and oxygen atoms in total. The van der Waals surface area contributed by atoms with Gasteiger partial charge in [-0.3, -0.25) is 4.18 Å². The number of benzene rings is 1. The van der Waals surface area contributed by atoms with Crippen LogP contribution in [0.4, 0.5) is 0 Å². The van der Waals surface area contributed by atoms with Gasteiger partial charge in [0.1, 0.15) is 5.76 Å². The molecule has 0 spiro atoms. The highest BCUT2D eigenvalue weighted by molar-refractivity contribution is 7.85. The van der Waals surface area contributed by atoms with Crippen molar-refractivity contribution in [2.24, 2.45) is 0 Å². The summed E-state index contributed by atoms with van der Waals surface area (Å²) in [5.74, 6) is 1.24. The van der Waals surface area contributed by atoms with Gasteiger partial charge < -0.3 is 4.42 Å². The fraction of sp³-hybridized carbons (Fsp3) is 0.400. The molecule has 0 unspecified atom stereocenters. The summed E-state index contributed by atoms with van der Waals surface area (Å²) in [5.41, 5.74) is 3.93. The smallest absolute Gasteiger partial charge is 0.264 e. The van der Waals surface area contributed by atoms with Crippen LogP contribution in [0, 0.1) is 20.8 Å². The van der Waals surface area contributed by atoms with Gasteiger partial charge in [-0.1, -0.05) is 17.7 Å². The third-order valence-electron chi connectivity index (χ3n) is 3.14. The van der Waals surface area contributed by atoms with Gasteiger partial charge in [0.2, 0.25) is 5.89 Å². The topological polar surface area (TPSA) is 69.4 Å². The molecule has 0 saturated heterocycles. The second-order valence-electron chi connectivity index (χ2n) is 5.12. The molecule has 0 bridgehead atoms. The first kappa shape index (κ1) is 15.7. The number of aryl methyl sites for hydroxylation is 3. The van der Waals surface area contributed by atoms with Crippen LogP contribution in [0.2, 0.25) is 0 Å². The SMILES string of the molecule is Cc1ccc(-c2nc(CCOS(C)(=O)=O)c(C)o2)c(C)c1. The zero-order valence-corrected chi connectivity index (χ0v) is 13.5. The van der Waals surface area contributed by atoms with Crippen LogP contribution in [0.5, 0.6) is 0 Å². The van der Waals surface area contributed by atoms with Crippen molar-refractivity contribution < 1.29 is 17.0 Å². The van der Waals surface area contributed by atoms with Crippen LogP contribution in [0.15, 0.2) is 22.6 Å². The van der Waals surface area contributed by atoms with Crippen molar-refractivity contribution >= 4 is 10.1 Å². The summed E-state index contributed by atoms with van der Waals surface area (Å²) >= 11 is 0. The molecule has 0 saturated carbocycles. The molecule has 2 aromatic rings. The summed E-state index contributed by atoms with van der Waals surface area (Å²) in [6, 6.07) is 6.06. The van der Waals surface area contributed by atoms with Gasteiger partial charge in [0, 0.05) is 12.0 Å². The molecule has 0 aliphatic carbocycles. The molecule has 21 heavy (non-hydrogen) atoms. The molecule has 0 aliphatic rings. The van der Waals surface area contributed by atoms with Crippen molar-refractivity contribution in [3.63, 3.8) is 0 Å². The quantitative estimate of drug-likeness (QED) is 0.794. The maximum Gasteiger partial charge on any atom is 0.264 e. The second kappa shape index (κ2) is 5.99. The summed E-state index contributed by atoms with van der Waals surface area (Å²) in [5, 5.41) is 0. The fourth-order valence-electron chi connectivity index (χ4n) is 2.12. The van der Waals surface area contributed by atoms with Crippen LogP contribution < -0.4 is 0 Å². The first-order valence-electron chi connectivity index (χ1n) is 6.64. The van der Waals surface area contributed by atoms with Crippen molar-refractivity contribution in [3.05, 3.63) is 40.8 Å². The minimum atomic E-state index is -3.42. The highest BCUT2D eigenvalue weighted by Gasteiger charge is 2.14. The Bertz CT molecular complexity index is 747. The third kappa shape index (κ3) is 4.15. The monoisotopic (exact) mass is 309 g/mol. The van der Waals surface area contributed by atoms with E-state index in [2.05, 4.69) is 11.1 Å². The molecule has 0 fully saturated rings. The van der Waals surface area contributed by atoms with E-state index < -0.39 is 10.1 Å². The lowest BCUT2D eigenvalue weighted by molar-refractivity contribution is 0.324. The van der Waals surface area contributed by atoms with E-state index in [0.29, 0.717) is 23.8 Å². The Morgan fingerprint density at radius 1 is 1.24 bits per heavy atom. The molecule has 0 N–H and O–H groups in total. The Hall–Kier alpha value is -1.66. The Balaban J connectivity index is 2.19. The molecule has 1 aromatic carbocycles. The van der Waals surface area contributed by atoms with E-state index in [0.717, 1.165) is 17.4 Å². The van der Waals surface area contributed by atoms with E-state index in [4.69, 9.17) is 8.60 Å². The molecule has 0 atom stereocenters. The minimum Gasteiger partial charge on any atom is -0.441 e. The maximum absolute atomic E-state index is 10.9. The Kier molecular flexibility index (Phi) is 4.49. The van der Waals surface area contributed by atoms with Gasteiger partial charge in [-0.25, -0.2) is 4.98 Å². The van der Waals surface area contributed by atoms with E-state index >= 15 is 0 Å². The van der Waals surface area contributed by atoms with E-state index in [1.54, 1.807) is 0 Å². The molecule has 0 amide bonds. The summed E-state index contributed by atoms with van der Waals surface area (Å²) in [7, 11) is -3.42. The summed E-state index contributed by atoms with van der Waals surface area (Å²) in [4.78, 5) is 4.45. The van der Waals surface area contributed by atoms with E-state index in [1.807, 2.05) is 32.9 Å². The van der Waals surface area contributed by atoms with E-state index in [-0.39, 0.29) is 6.61 Å². The van der Waals surface area contributed by atoms with Gasteiger partial charge in [0.25, 0.3) is 10.1 Å². The molecular formula is C15H19NO4S. The fourth-order valence-corrected chi connectivity index (χ4v) is 2.50. The third-order valence-corrected chi connectivity index (χ3v) is 3.74. The molecule has 0 radical (unpaired) electrons. The predicted molar refractivity (Wildman–Crippen MR) is 80.6 cm³/mol. The van der Waals surface area contributed by atoms with Crippen molar-refractivity contribution in [1.82, 2.24) is 4.98 Å². The molecule has 2 rings (SSSR count). The molecular weight excluding hydrogens is 290 g/mol. The lowest BCUT2D eigenvalue weighted by Crippen LogP contribution is -2.06. The van der Waals surface area contributed by atoms with Crippen molar-refractivity contribution in [2.45, 2.75) is 27.2 Å². The molecule has 6 heteroatoms. The summed E-state index contributed by atoms with van der Waals surface area (Å²) in [6.07, 6.45) is 1.43. The van der Waals surface area contributed by atoms with Crippen molar-refractivity contribution in [3.8, 4) is 11.5 Å². The lowest BCUT2D eigenvalue weighted by atomic mass is 10.1. The van der Waals surface area contributed by atoms with Crippen LogP contribution >= 0.6 is 0 Å². The first-order chi connectivity index (χ1) is 9.76. The number of aromatic nitrogens is 1. The number of hydrogen-bond acceptors (Lipinski definition) is 5. The lowest BCUT2D eigenvalue weighted by Gasteiger charge is -2.02. The summed E-state index contributed by atoms with van der Waals surface area (Å²) < 4.78 is 32.3. The van der Waals surface area contributed by atoms with Gasteiger partial charge in [0.15, 0.2) is 0 Å². The highest BCUT2D eigenvalue weighted by atomic mass is 32.2. The van der Waals surface area contributed by atoms with Gasteiger partial charge in [-0.15, -0.1) is 0 Å². The zero-order chi connectivity index (χ0) is 15.6. The normalized spacial score (nSPS) is 11.8. The predicted octanol–water partition coefficient (Wildman–Crippen LogP) is 2.79. The number of hydrogen-bond donors (Lipinski definition) is 0. The van der Waals surface area contributed by atoms with Crippen LogP contribution in [-0.4, -0.2) is 26.3 Å². The molecule has 114 valence electrons. The number of rotatable bonds is 5. The second-order valence-corrected chi connectivity index (χ2v) is 6.76. The average Bonchev–Trinajstić information content (AvgIpc) is 2.69. The van der Waals surface area contributed by atoms with Crippen LogP contribution in [0.3, 0.4) is 0 Å². The maximum atomic E-state index is 10.9. The largest absolute Gasteiger partial charge is 0.441 e. The standard InChI is InChI=1S/C15H19NO4S/c1-10-5-6-13(11(2)9-10)15-16-14(12(3)20-15)7-8-19-21(4,17)18/h5-6,9H,7-8H2,1-4H3. The van der Waals surface area contributed by atoms with E-state index in [1.165, 1.54) is 5.56 Å². The Morgan fingerprint density at radius 2 is 1.95 bits per heavy atom. The van der Waals surface area contributed by atoms with Gasteiger partial charge in [0.05, 0.1) is 18.6 Å². The van der Waals surface area contributed by atoms with Crippen molar-refractivity contribution in [2.75, 3.05) is 12.9 Å². The number of nitrogens with zero attached hydrogens (tertiary/aromatic N) is 1. The van der Waals surface area contributed by atoms with Crippen LogP contribution in [0.25, 0.3) is 11.5 Å². The van der Waals surface area contributed by atoms with Crippen LogP contribution in [-0.2, 0) is 20.7 Å². The van der Waals surface area contributed by atoms with Gasteiger partial charge >= 0.3 is 0 Å². The van der Waals surface area contributed by atoms with Crippen LogP contribution in [0.1, 0.15) is 22.6 Å². The Morgan fingerprint density at radius 3 is 2.57 bits per heavy atom. The average molecular weight is 309 g/mol. The summed E-state index contributed by atoms with van der Waals surface area (Å²) in [6.45, 7) is 5.92. The molecule has 1 aromatic heterocycles. The zero-order valence-electron chi connectivity index (χ0n) is 12.6. The Labute approximate surface area is 125 Å². The van der Waals surface area contributed by atoms with E-state index in [9.17, 15) is 8.42 Å². The first-order valence-corrected chi connectivity index (χ1v) is 8.46. The highest BCUT2D eigenvalue weighted by Crippen LogP contribution is 2.25. The minimum absolute atomic E-state index is 0.0680. The van der Waals surface area contributed by atoms with Crippen molar-refractivity contribution in [1.29, 1.82) is 0 Å². The molecule has 1 heterocycles. The number of oxazole rings is 1. The molecule has 0 aliphatic heterocycles. The van der Waals surface area contributed by atoms with Gasteiger partial charge in [-0.2, -0.15) is 8.42 Å².